The van der Waals surface area contributed by atoms with Crippen molar-refractivity contribution in [2.75, 3.05) is 13.2 Å². The highest BCUT2D eigenvalue weighted by molar-refractivity contribution is 7.88. The van der Waals surface area contributed by atoms with Crippen molar-refractivity contribution in [3.8, 4) is 0 Å². The molecule has 1 aliphatic heterocycles. The molecule has 1 saturated heterocycles. The highest BCUT2D eigenvalue weighted by Gasteiger charge is 2.22. The third-order valence-electron chi connectivity index (χ3n) is 3.37. The first kappa shape index (κ1) is 16.4. The van der Waals surface area contributed by atoms with Crippen molar-refractivity contribution in [3.63, 3.8) is 0 Å². The predicted molar refractivity (Wildman–Crippen MR) is 83.4 cm³/mol. The van der Waals surface area contributed by atoms with Crippen LogP contribution in [0.1, 0.15) is 31.4 Å². The van der Waals surface area contributed by atoms with E-state index in [-0.39, 0.29) is 11.8 Å². The number of sulfonamides is 1. The maximum absolute atomic E-state index is 12.1. The van der Waals surface area contributed by atoms with Crippen LogP contribution >= 0.6 is 0 Å². The molecule has 1 atom stereocenters. The zero-order valence-electron chi connectivity index (χ0n) is 12.6. The summed E-state index contributed by atoms with van der Waals surface area (Å²) in [5, 5.41) is 3.33. The van der Waals surface area contributed by atoms with Crippen molar-refractivity contribution < 1.29 is 13.2 Å². The third-order valence-corrected chi connectivity index (χ3v) is 4.78. The Balaban J connectivity index is 1.89. The van der Waals surface area contributed by atoms with Crippen LogP contribution in [0.15, 0.2) is 24.3 Å². The minimum absolute atomic E-state index is 0.0153. The fourth-order valence-electron chi connectivity index (χ4n) is 2.22. The molecule has 1 unspecified atom stereocenters. The van der Waals surface area contributed by atoms with E-state index < -0.39 is 10.0 Å². The minimum atomic E-state index is -3.30. The van der Waals surface area contributed by atoms with E-state index in [2.05, 4.69) is 23.9 Å². The highest BCUT2D eigenvalue weighted by Crippen LogP contribution is 2.11. The van der Waals surface area contributed by atoms with Gasteiger partial charge in [-0.1, -0.05) is 38.1 Å². The Morgan fingerprint density at radius 1 is 1.24 bits per heavy atom. The molecule has 0 aliphatic carbocycles. The first-order valence-electron chi connectivity index (χ1n) is 7.33. The summed E-state index contributed by atoms with van der Waals surface area (Å²) < 4.78 is 32.0. The Bertz CT molecular complexity index is 535. The Morgan fingerprint density at radius 2 is 1.90 bits per heavy atom. The molecule has 2 rings (SSSR count). The first-order chi connectivity index (χ1) is 9.94. The lowest BCUT2D eigenvalue weighted by atomic mass is 10.1. The minimum Gasteiger partial charge on any atom is -0.380 e. The van der Waals surface area contributed by atoms with Gasteiger partial charge in [-0.05, 0) is 17.5 Å². The molecule has 118 valence electrons. The summed E-state index contributed by atoms with van der Waals surface area (Å²) in [6, 6.07) is 8.05. The Kier molecular flexibility index (Phi) is 5.75. The lowest BCUT2D eigenvalue weighted by Gasteiger charge is -2.12. The molecule has 1 fully saturated rings. The Morgan fingerprint density at radius 3 is 2.48 bits per heavy atom. The molecular weight excluding hydrogens is 288 g/mol. The van der Waals surface area contributed by atoms with Crippen LogP contribution in [0.5, 0.6) is 0 Å². The van der Waals surface area contributed by atoms with Crippen molar-refractivity contribution >= 4 is 10.0 Å². The second kappa shape index (κ2) is 7.35. The van der Waals surface area contributed by atoms with E-state index >= 15 is 0 Å². The smallest absolute Gasteiger partial charge is 0.216 e. The van der Waals surface area contributed by atoms with Gasteiger partial charge in [-0.2, -0.15) is 0 Å². The van der Waals surface area contributed by atoms with E-state index in [9.17, 15) is 8.42 Å². The molecular formula is C15H24N2O3S. The van der Waals surface area contributed by atoms with Crippen LogP contribution in [0.4, 0.5) is 0 Å². The molecule has 1 heterocycles. The molecule has 0 saturated carbocycles. The fraction of sp³-hybridized carbons (Fsp3) is 0.600. The molecule has 0 bridgehead atoms. The van der Waals surface area contributed by atoms with Gasteiger partial charge in [0.25, 0.3) is 0 Å². The van der Waals surface area contributed by atoms with Gasteiger partial charge in [0.05, 0.1) is 12.4 Å². The molecule has 1 aromatic carbocycles. The molecule has 0 aromatic heterocycles. The zero-order valence-corrected chi connectivity index (χ0v) is 13.4. The maximum atomic E-state index is 12.1. The summed E-state index contributed by atoms with van der Waals surface area (Å²) >= 11 is 0. The van der Waals surface area contributed by atoms with Gasteiger partial charge in [0.2, 0.25) is 10.0 Å². The Hall–Kier alpha value is -0.950. The van der Waals surface area contributed by atoms with Crippen LogP contribution in [0.25, 0.3) is 0 Å². The van der Waals surface area contributed by atoms with E-state index in [1.54, 1.807) is 0 Å². The van der Waals surface area contributed by atoms with Gasteiger partial charge in [-0.15, -0.1) is 0 Å². The zero-order chi connectivity index (χ0) is 15.3. The van der Waals surface area contributed by atoms with Crippen molar-refractivity contribution in [1.29, 1.82) is 0 Å². The van der Waals surface area contributed by atoms with Crippen molar-refractivity contribution in [1.82, 2.24) is 10.0 Å². The molecule has 0 amide bonds. The van der Waals surface area contributed by atoms with E-state index in [1.807, 2.05) is 24.3 Å². The highest BCUT2D eigenvalue weighted by atomic mass is 32.2. The van der Waals surface area contributed by atoms with Gasteiger partial charge in [-0.25, -0.2) is 13.1 Å². The molecule has 5 nitrogen and oxygen atoms in total. The summed E-state index contributed by atoms with van der Waals surface area (Å²) in [5.41, 5.74) is 1.96. The summed E-state index contributed by atoms with van der Waals surface area (Å²) in [6.07, 6.45) is 0.749. The van der Waals surface area contributed by atoms with Crippen molar-refractivity contribution in [3.05, 3.63) is 35.4 Å². The standard InChI is InChI=1S/C15H24N2O3S/c1-12(2)16-9-13-3-5-14(6-4-13)11-21(18,19)17-15-7-8-20-10-15/h3-6,12,15-17H,7-11H2,1-2H3. The maximum Gasteiger partial charge on any atom is 0.216 e. The molecule has 1 aliphatic rings. The average molecular weight is 312 g/mol. The third kappa shape index (κ3) is 5.74. The molecule has 0 radical (unpaired) electrons. The van der Waals surface area contributed by atoms with Gasteiger partial charge in [0.15, 0.2) is 0 Å². The van der Waals surface area contributed by atoms with Gasteiger partial charge >= 0.3 is 0 Å². The van der Waals surface area contributed by atoms with Gasteiger partial charge < -0.3 is 10.1 Å². The largest absolute Gasteiger partial charge is 0.380 e. The topological polar surface area (TPSA) is 67.4 Å². The normalized spacial score (nSPS) is 19.3. The van der Waals surface area contributed by atoms with Crippen molar-refractivity contribution in [2.24, 2.45) is 0 Å². The number of nitrogens with one attached hydrogen (secondary N) is 2. The van der Waals surface area contributed by atoms with Crippen LogP contribution in [-0.4, -0.2) is 33.7 Å². The summed E-state index contributed by atoms with van der Waals surface area (Å²) in [7, 11) is -3.30. The number of hydrogen-bond donors (Lipinski definition) is 2. The SMILES string of the molecule is CC(C)NCc1ccc(CS(=O)(=O)NC2CCOC2)cc1. The number of rotatable bonds is 7. The van der Waals surface area contributed by atoms with E-state index in [0.29, 0.717) is 19.3 Å². The van der Waals surface area contributed by atoms with Crippen LogP contribution in [-0.2, 0) is 27.1 Å². The molecule has 1 aromatic rings. The quantitative estimate of drug-likeness (QED) is 0.798. The van der Waals surface area contributed by atoms with Crippen molar-refractivity contribution in [2.45, 2.75) is 44.6 Å². The van der Waals surface area contributed by atoms with Gasteiger partial charge in [-0.3, -0.25) is 0 Å². The number of benzene rings is 1. The summed E-state index contributed by atoms with van der Waals surface area (Å²) in [6.45, 7) is 6.09. The second-order valence-electron chi connectivity index (χ2n) is 5.79. The van der Waals surface area contributed by atoms with Crippen LogP contribution in [0.3, 0.4) is 0 Å². The Labute approximate surface area is 127 Å². The van der Waals surface area contributed by atoms with Crippen LogP contribution < -0.4 is 10.0 Å². The molecule has 6 heteroatoms. The predicted octanol–water partition coefficient (Wildman–Crippen LogP) is 1.39. The van der Waals surface area contributed by atoms with Gasteiger partial charge in [0, 0.05) is 25.2 Å². The fourth-order valence-corrected chi connectivity index (χ4v) is 3.63. The lowest BCUT2D eigenvalue weighted by molar-refractivity contribution is 0.192. The summed E-state index contributed by atoms with van der Waals surface area (Å²) in [4.78, 5) is 0. The van der Waals surface area contributed by atoms with E-state index in [4.69, 9.17) is 4.74 Å². The number of hydrogen-bond acceptors (Lipinski definition) is 4. The second-order valence-corrected chi connectivity index (χ2v) is 7.54. The lowest BCUT2D eigenvalue weighted by Crippen LogP contribution is -2.35. The number of ether oxygens (including phenoxy) is 1. The van der Waals surface area contributed by atoms with E-state index in [0.717, 1.165) is 24.1 Å². The van der Waals surface area contributed by atoms with Crippen LogP contribution in [0, 0.1) is 0 Å². The van der Waals surface area contributed by atoms with Crippen LogP contribution in [0.2, 0.25) is 0 Å². The first-order valence-corrected chi connectivity index (χ1v) is 8.99. The van der Waals surface area contributed by atoms with Gasteiger partial charge in [0.1, 0.15) is 0 Å². The molecule has 2 N–H and O–H groups in total. The summed E-state index contributed by atoms with van der Waals surface area (Å²) in [5.74, 6) is 0.0153. The molecule has 21 heavy (non-hydrogen) atoms. The van der Waals surface area contributed by atoms with E-state index in [1.165, 1.54) is 0 Å². The average Bonchev–Trinajstić information content (AvgIpc) is 2.89. The monoisotopic (exact) mass is 312 g/mol. The molecule has 0 spiro atoms.